The number of ketones is 1. The molecule has 2 rings (SSSR count). The molecule has 0 saturated heterocycles. The largest absolute Gasteiger partial charge is 0.497 e. The van der Waals surface area contributed by atoms with E-state index in [1.54, 1.807) is 13.0 Å². The molecule has 10 nitrogen and oxygen atoms in total. The molecule has 158 valence electrons. The van der Waals surface area contributed by atoms with Crippen LogP contribution in [0.1, 0.15) is 26.3 Å². The van der Waals surface area contributed by atoms with Crippen molar-refractivity contribution in [1.82, 2.24) is 5.32 Å². The molecule has 0 heterocycles. The van der Waals surface area contributed by atoms with Crippen LogP contribution in [0.15, 0.2) is 36.4 Å². The van der Waals surface area contributed by atoms with Crippen molar-refractivity contribution in [3.05, 3.63) is 63.2 Å². The molecule has 0 bridgehead atoms. The molecule has 0 fully saturated rings. The fraction of sp³-hybridized carbons (Fsp3) is 0.250. The lowest BCUT2D eigenvalue weighted by Crippen LogP contribution is -2.31. The van der Waals surface area contributed by atoms with E-state index < -0.39 is 35.7 Å². The predicted octanol–water partition coefficient (Wildman–Crippen LogP) is 2.08. The second-order valence-corrected chi connectivity index (χ2v) is 6.13. The molecule has 2 aromatic carbocycles. The Morgan fingerprint density at radius 2 is 1.63 bits per heavy atom. The summed E-state index contributed by atoms with van der Waals surface area (Å²) in [5, 5.41) is 13.3. The van der Waals surface area contributed by atoms with Gasteiger partial charge in [-0.05, 0) is 19.1 Å². The maximum atomic E-state index is 12.2. The zero-order valence-electron chi connectivity index (χ0n) is 16.6. The SMILES string of the molecule is COc1cc(OC)cc(C(=O)NCC(=O)OCC(=O)c2ccc(C)c([N+](=O)[O-])c2)c1. The molecule has 0 saturated carbocycles. The van der Waals surface area contributed by atoms with Crippen molar-refractivity contribution in [3.63, 3.8) is 0 Å². The van der Waals surface area contributed by atoms with Gasteiger partial charge in [0.25, 0.3) is 11.6 Å². The van der Waals surface area contributed by atoms with E-state index >= 15 is 0 Å². The Kier molecular flexibility index (Phi) is 7.45. The number of carbonyl (C=O) groups is 3. The Morgan fingerprint density at radius 1 is 1.00 bits per heavy atom. The molecule has 10 heteroatoms. The highest BCUT2D eigenvalue weighted by Crippen LogP contribution is 2.22. The summed E-state index contributed by atoms with van der Waals surface area (Å²) in [4.78, 5) is 46.5. The Labute approximate surface area is 171 Å². The van der Waals surface area contributed by atoms with Gasteiger partial charge in [0.1, 0.15) is 18.0 Å². The standard InChI is InChI=1S/C20H20N2O8/c1-12-4-5-13(8-17(12)22(26)27)18(23)11-30-19(24)10-21-20(25)14-6-15(28-2)9-16(7-14)29-3/h4-9H,10-11H2,1-3H3,(H,21,25). The van der Waals surface area contributed by atoms with Crippen LogP contribution in [0.4, 0.5) is 5.69 Å². The van der Waals surface area contributed by atoms with Gasteiger partial charge in [-0.15, -0.1) is 0 Å². The topological polar surface area (TPSA) is 134 Å². The van der Waals surface area contributed by atoms with E-state index in [-0.39, 0.29) is 16.8 Å². The fourth-order valence-corrected chi connectivity index (χ4v) is 2.45. The van der Waals surface area contributed by atoms with E-state index in [1.807, 2.05) is 0 Å². The van der Waals surface area contributed by atoms with Crippen LogP contribution in [-0.2, 0) is 9.53 Å². The number of esters is 1. The van der Waals surface area contributed by atoms with Gasteiger partial charge in [0, 0.05) is 28.8 Å². The Morgan fingerprint density at radius 3 is 2.20 bits per heavy atom. The lowest BCUT2D eigenvalue weighted by molar-refractivity contribution is -0.385. The van der Waals surface area contributed by atoms with E-state index in [4.69, 9.17) is 14.2 Å². The van der Waals surface area contributed by atoms with E-state index in [1.165, 1.54) is 38.5 Å². The number of nitrogens with one attached hydrogen (secondary N) is 1. The number of nitro groups is 1. The normalized spacial score (nSPS) is 10.1. The van der Waals surface area contributed by atoms with Gasteiger partial charge in [-0.25, -0.2) is 0 Å². The van der Waals surface area contributed by atoms with E-state index in [0.717, 1.165) is 6.07 Å². The third kappa shape index (κ3) is 5.77. The number of nitro benzene ring substituents is 1. The minimum absolute atomic E-state index is 0.0487. The molecule has 0 aromatic heterocycles. The number of Topliss-reactive ketones (excluding diaryl/α,β-unsaturated/α-hetero) is 1. The van der Waals surface area contributed by atoms with Gasteiger partial charge in [-0.2, -0.15) is 0 Å². The number of ether oxygens (including phenoxy) is 3. The maximum Gasteiger partial charge on any atom is 0.325 e. The molecule has 30 heavy (non-hydrogen) atoms. The average molecular weight is 416 g/mol. The summed E-state index contributed by atoms with van der Waals surface area (Å²) in [6.45, 7) is 0.467. The van der Waals surface area contributed by atoms with Crippen LogP contribution in [0.2, 0.25) is 0 Å². The zero-order valence-corrected chi connectivity index (χ0v) is 16.6. The monoisotopic (exact) mass is 416 g/mol. The van der Waals surface area contributed by atoms with Gasteiger partial charge in [0.15, 0.2) is 6.61 Å². The molecule has 0 aliphatic heterocycles. The summed E-state index contributed by atoms with van der Waals surface area (Å²) >= 11 is 0. The molecule has 0 unspecified atom stereocenters. The second kappa shape index (κ2) is 10.0. The number of aryl methyl sites for hydroxylation is 1. The molecule has 1 amide bonds. The van der Waals surface area contributed by atoms with Gasteiger partial charge < -0.3 is 19.5 Å². The Balaban J connectivity index is 1.91. The Hall–Kier alpha value is -3.95. The van der Waals surface area contributed by atoms with Gasteiger partial charge in [0.05, 0.1) is 19.1 Å². The highest BCUT2D eigenvalue weighted by molar-refractivity contribution is 5.99. The number of rotatable bonds is 9. The minimum Gasteiger partial charge on any atom is -0.497 e. The molecule has 0 aliphatic rings. The van der Waals surface area contributed by atoms with Crippen LogP contribution in [0.3, 0.4) is 0 Å². The first-order chi connectivity index (χ1) is 14.2. The minimum atomic E-state index is -0.840. The highest BCUT2D eigenvalue weighted by atomic mass is 16.6. The molecule has 0 aliphatic carbocycles. The number of carbonyl (C=O) groups excluding carboxylic acids is 3. The van der Waals surface area contributed by atoms with Crippen molar-refractivity contribution in [1.29, 1.82) is 0 Å². The lowest BCUT2D eigenvalue weighted by Gasteiger charge is -2.09. The predicted molar refractivity (Wildman–Crippen MR) is 105 cm³/mol. The summed E-state index contributed by atoms with van der Waals surface area (Å²) < 4.78 is 15.0. The first kappa shape index (κ1) is 22.3. The van der Waals surface area contributed by atoms with Gasteiger partial charge in [0.2, 0.25) is 5.78 Å². The van der Waals surface area contributed by atoms with Crippen LogP contribution in [-0.4, -0.2) is 50.0 Å². The summed E-state index contributed by atoms with van der Waals surface area (Å²) in [6, 6.07) is 8.51. The quantitative estimate of drug-likeness (QED) is 0.284. The van der Waals surface area contributed by atoms with Crippen LogP contribution in [0.5, 0.6) is 11.5 Å². The molecular formula is C20H20N2O8. The first-order valence-electron chi connectivity index (χ1n) is 8.70. The van der Waals surface area contributed by atoms with E-state index in [2.05, 4.69) is 5.32 Å². The summed E-state index contributed by atoms with van der Waals surface area (Å²) in [5.74, 6) is -1.20. The number of hydrogen-bond donors (Lipinski definition) is 1. The van der Waals surface area contributed by atoms with Crippen molar-refractivity contribution in [3.8, 4) is 11.5 Å². The second-order valence-electron chi connectivity index (χ2n) is 6.13. The summed E-state index contributed by atoms with van der Waals surface area (Å²) in [7, 11) is 2.88. The van der Waals surface area contributed by atoms with Crippen molar-refractivity contribution in [2.24, 2.45) is 0 Å². The molecule has 0 radical (unpaired) electrons. The number of amides is 1. The molecule has 0 atom stereocenters. The van der Waals surface area contributed by atoms with E-state index in [9.17, 15) is 24.5 Å². The van der Waals surface area contributed by atoms with Crippen molar-refractivity contribution >= 4 is 23.3 Å². The van der Waals surface area contributed by atoms with Crippen LogP contribution < -0.4 is 14.8 Å². The molecule has 0 spiro atoms. The molecule has 2 aromatic rings. The third-order valence-electron chi connectivity index (χ3n) is 4.10. The van der Waals surface area contributed by atoms with E-state index in [0.29, 0.717) is 17.1 Å². The first-order valence-corrected chi connectivity index (χ1v) is 8.70. The third-order valence-corrected chi connectivity index (χ3v) is 4.10. The Bertz CT molecular complexity index is 965. The lowest BCUT2D eigenvalue weighted by atomic mass is 10.1. The molecule has 1 N–H and O–H groups in total. The average Bonchev–Trinajstić information content (AvgIpc) is 2.75. The number of hydrogen-bond acceptors (Lipinski definition) is 8. The van der Waals surface area contributed by atoms with Crippen LogP contribution in [0, 0.1) is 17.0 Å². The summed E-state index contributed by atoms with van der Waals surface area (Å²) in [5.41, 5.74) is 0.466. The maximum absolute atomic E-state index is 12.2. The van der Waals surface area contributed by atoms with Gasteiger partial charge in [-0.3, -0.25) is 24.5 Å². The number of nitrogens with zero attached hydrogens (tertiary/aromatic N) is 1. The fourth-order valence-electron chi connectivity index (χ4n) is 2.45. The zero-order chi connectivity index (χ0) is 22.3. The summed E-state index contributed by atoms with van der Waals surface area (Å²) in [6.07, 6.45) is 0. The van der Waals surface area contributed by atoms with Gasteiger partial charge in [-0.1, -0.05) is 12.1 Å². The number of benzene rings is 2. The highest BCUT2D eigenvalue weighted by Gasteiger charge is 2.17. The van der Waals surface area contributed by atoms with Crippen LogP contribution >= 0.6 is 0 Å². The van der Waals surface area contributed by atoms with Crippen LogP contribution in [0.25, 0.3) is 0 Å². The van der Waals surface area contributed by atoms with Crippen molar-refractivity contribution in [2.45, 2.75) is 6.92 Å². The smallest absolute Gasteiger partial charge is 0.325 e. The molecular weight excluding hydrogens is 396 g/mol. The van der Waals surface area contributed by atoms with Gasteiger partial charge >= 0.3 is 5.97 Å². The van der Waals surface area contributed by atoms with Crippen molar-refractivity contribution in [2.75, 3.05) is 27.4 Å². The van der Waals surface area contributed by atoms with Crippen molar-refractivity contribution < 1.29 is 33.5 Å². The number of methoxy groups -OCH3 is 2.